The van der Waals surface area contributed by atoms with E-state index in [1.54, 1.807) is 18.3 Å². The van der Waals surface area contributed by atoms with Crippen LogP contribution in [-0.4, -0.2) is 24.1 Å². The van der Waals surface area contributed by atoms with Crippen molar-refractivity contribution < 1.29 is 5.11 Å². The summed E-state index contributed by atoms with van der Waals surface area (Å²) in [5.74, 6) is 0.0317. The zero-order valence-corrected chi connectivity index (χ0v) is 15.6. The summed E-state index contributed by atoms with van der Waals surface area (Å²) in [5, 5.41) is 18.2. The van der Waals surface area contributed by atoms with Gasteiger partial charge in [0.05, 0.1) is 5.52 Å². The number of anilines is 2. The van der Waals surface area contributed by atoms with Crippen molar-refractivity contribution in [1.29, 1.82) is 0 Å². The Hall–Kier alpha value is -2.17. The first-order valence-corrected chi connectivity index (χ1v) is 9.38. The highest BCUT2D eigenvalue weighted by atomic mass is 35.5. The number of pyridine rings is 1. The van der Waals surface area contributed by atoms with Crippen molar-refractivity contribution >= 4 is 45.5 Å². The number of aromatic nitrogens is 1. The van der Waals surface area contributed by atoms with E-state index in [1.165, 1.54) is 0 Å². The largest absolute Gasteiger partial charge is 0.382 e. The lowest BCUT2D eigenvalue weighted by atomic mass is 10.0. The number of benzene rings is 2. The standard InChI is InChI=1S/C20H18Cl2N3O/c21-14-10-15(22)12-17(11-14)24-16-5-8-25(9-6-16)20-18(26)4-3-13-2-1-7-23-19(13)20/h1-4,7,10-12,16,24H,5-6,8-9H2. The molecule has 133 valence electrons. The first-order valence-electron chi connectivity index (χ1n) is 8.62. The summed E-state index contributed by atoms with van der Waals surface area (Å²) in [7, 11) is 0. The molecule has 0 spiro atoms. The van der Waals surface area contributed by atoms with Crippen molar-refractivity contribution in [3.05, 3.63) is 58.7 Å². The molecule has 0 atom stereocenters. The molecule has 1 fully saturated rings. The molecule has 2 aromatic carbocycles. The second kappa shape index (κ2) is 7.22. The van der Waals surface area contributed by atoms with E-state index in [2.05, 4.69) is 15.2 Å². The second-order valence-electron chi connectivity index (χ2n) is 6.55. The van der Waals surface area contributed by atoms with Gasteiger partial charge >= 0.3 is 0 Å². The maximum atomic E-state index is 12.5. The van der Waals surface area contributed by atoms with Crippen molar-refractivity contribution in [2.24, 2.45) is 0 Å². The minimum atomic E-state index is 0.0317. The molecule has 0 unspecified atom stereocenters. The molecule has 26 heavy (non-hydrogen) atoms. The quantitative estimate of drug-likeness (QED) is 0.621. The van der Waals surface area contributed by atoms with Crippen molar-refractivity contribution in [3.8, 4) is 5.75 Å². The lowest BCUT2D eigenvalue weighted by Gasteiger charge is -2.34. The zero-order chi connectivity index (χ0) is 18.1. The Morgan fingerprint density at radius 2 is 1.77 bits per heavy atom. The van der Waals surface area contributed by atoms with E-state index in [9.17, 15) is 5.11 Å². The molecule has 1 aliphatic heterocycles. The SMILES string of the molecule is [O]c1ccc2cccnc2c1N1CCC(Nc2cc(Cl)cc(Cl)c2)CC1. The van der Waals surface area contributed by atoms with Crippen LogP contribution in [0, 0.1) is 0 Å². The third-order valence-corrected chi connectivity index (χ3v) is 5.19. The van der Waals surface area contributed by atoms with Crippen LogP contribution in [0.2, 0.25) is 10.0 Å². The minimum absolute atomic E-state index is 0.0317. The summed E-state index contributed by atoms with van der Waals surface area (Å²) in [4.78, 5) is 6.59. The third kappa shape index (κ3) is 3.53. The molecular formula is C20H18Cl2N3O. The normalized spacial score (nSPS) is 15.4. The number of rotatable bonds is 3. The van der Waals surface area contributed by atoms with Gasteiger partial charge in [-0.05, 0) is 49.2 Å². The molecule has 1 aromatic heterocycles. The maximum Gasteiger partial charge on any atom is 0.204 e. The molecular weight excluding hydrogens is 369 g/mol. The van der Waals surface area contributed by atoms with Crippen molar-refractivity contribution in [1.82, 2.24) is 4.98 Å². The van der Waals surface area contributed by atoms with Gasteiger partial charge in [-0.15, -0.1) is 0 Å². The number of nitrogens with zero attached hydrogens (tertiary/aromatic N) is 2. The summed E-state index contributed by atoms with van der Waals surface area (Å²) in [6.45, 7) is 1.60. The fourth-order valence-electron chi connectivity index (χ4n) is 3.54. The summed E-state index contributed by atoms with van der Waals surface area (Å²) in [6, 6.07) is 13.2. The lowest BCUT2D eigenvalue weighted by molar-refractivity contribution is 0.354. The Labute approximate surface area is 162 Å². The van der Waals surface area contributed by atoms with Gasteiger partial charge < -0.3 is 10.2 Å². The predicted octanol–water partition coefficient (Wildman–Crippen LogP) is 5.77. The van der Waals surface area contributed by atoms with Crippen LogP contribution in [0.25, 0.3) is 10.9 Å². The average molecular weight is 387 g/mol. The number of hydrogen-bond acceptors (Lipinski definition) is 3. The minimum Gasteiger partial charge on any atom is -0.382 e. The van der Waals surface area contributed by atoms with Gasteiger partial charge in [-0.1, -0.05) is 29.3 Å². The van der Waals surface area contributed by atoms with E-state index in [0.717, 1.165) is 42.5 Å². The van der Waals surface area contributed by atoms with Crippen LogP contribution >= 0.6 is 23.2 Å². The number of piperidine rings is 1. The van der Waals surface area contributed by atoms with Gasteiger partial charge in [0.25, 0.3) is 0 Å². The molecule has 0 saturated carbocycles. The van der Waals surface area contributed by atoms with Gasteiger partial charge in [0.1, 0.15) is 5.69 Å². The van der Waals surface area contributed by atoms with Crippen LogP contribution < -0.4 is 10.2 Å². The van der Waals surface area contributed by atoms with Crippen molar-refractivity contribution in [3.63, 3.8) is 0 Å². The molecule has 6 heteroatoms. The Morgan fingerprint density at radius 3 is 2.50 bits per heavy atom. The number of nitrogens with one attached hydrogen (secondary N) is 1. The van der Waals surface area contributed by atoms with E-state index < -0.39 is 0 Å². The summed E-state index contributed by atoms with van der Waals surface area (Å²) < 4.78 is 0. The summed E-state index contributed by atoms with van der Waals surface area (Å²) >= 11 is 12.1. The topological polar surface area (TPSA) is 48.1 Å². The summed E-state index contributed by atoms with van der Waals surface area (Å²) in [5.41, 5.74) is 2.43. The molecule has 0 aliphatic carbocycles. The van der Waals surface area contributed by atoms with E-state index in [0.29, 0.717) is 21.8 Å². The average Bonchev–Trinajstić information content (AvgIpc) is 2.62. The van der Waals surface area contributed by atoms with Crippen LogP contribution in [-0.2, 0) is 5.11 Å². The highest BCUT2D eigenvalue weighted by Gasteiger charge is 2.24. The smallest absolute Gasteiger partial charge is 0.204 e. The van der Waals surface area contributed by atoms with E-state index in [4.69, 9.17) is 23.2 Å². The summed E-state index contributed by atoms with van der Waals surface area (Å²) in [6.07, 6.45) is 3.59. The molecule has 3 aromatic rings. The monoisotopic (exact) mass is 386 g/mol. The molecule has 4 nitrogen and oxygen atoms in total. The van der Waals surface area contributed by atoms with Crippen LogP contribution in [0.5, 0.6) is 5.75 Å². The van der Waals surface area contributed by atoms with Crippen molar-refractivity contribution in [2.45, 2.75) is 18.9 Å². The number of hydrogen-bond donors (Lipinski definition) is 1. The van der Waals surface area contributed by atoms with Gasteiger partial charge in [0, 0.05) is 46.4 Å². The van der Waals surface area contributed by atoms with Gasteiger partial charge in [0.15, 0.2) is 0 Å². The van der Waals surface area contributed by atoms with Gasteiger partial charge in [0.2, 0.25) is 5.75 Å². The van der Waals surface area contributed by atoms with Crippen LogP contribution in [0.4, 0.5) is 11.4 Å². The molecule has 1 saturated heterocycles. The second-order valence-corrected chi connectivity index (χ2v) is 7.42. The molecule has 4 rings (SSSR count). The van der Waals surface area contributed by atoms with Crippen LogP contribution in [0.1, 0.15) is 12.8 Å². The number of fused-ring (bicyclic) bond motifs is 1. The molecule has 1 aliphatic rings. The third-order valence-electron chi connectivity index (χ3n) is 4.76. The highest BCUT2D eigenvalue weighted by Crippen LogP contribution is 2.36. The van der Waals surface area contributed by atoms with E-state index in [1.807, 2.05) is 30.3 Å². The molecule has 0 amide bonds. The van der Waals surface area contributed by atoms with E-state index in [-0.39, 0.29) is 5.75 Å². The fraction of sp³-hybridized carbons (Fsp3) is 0.250. The lowest BCUT2D eigenvalue weighted by Crippen LogP contribution is -2.39. The van der Waals surface area contributed by atoms with Gasteiger partial charge in [-0.2, -0.15) is 0 Å². The first-order chi connectivity index (χ1) is 12.6. The maximum absolute atomic E-state index is 12.5. The Morgan fingerprint density at radius 1 is 1.04 bits per heavy atom. The zero-order valence-electron chi connectivity index (χ0n) is 14.1. The van der Waals surface area contributed by atoms with E-state index >= 15 is 0 Å². The highest BCUT2D eigenvalue weighted by molar-refractivity contribution is 6.35. The van der Waals surface area contributed by atoms with Crippen LogP contribution in [0.15, 0.2) is 48.7 Å². The molecule has 1 N–H and O–H groups in total. The predicted molar refractivity (Wildman–Crippen MR) is 107 cm³/mol. The first kappa shape index (κ1) is 17.3. The Balaban J connectivity index is 1.50. The van der Waals surface area contributed by atoms with Crippen molar-refractivity contribution in [2.75, 3.05) is 23.3 Å². The molecule has 2 heterocycles. The Bertz CT molecular complexity index is 919. The van der Waals surface area contributed by atoms with Crippen LogP contribution in [0.3, 0.4) is 0 Å². The molecule has 1 radical (unpaired) electrons. The Kier molecular flexibility index (Phi) is 4.79. The number of halogens is 2. The molecule has 0 bridgehead atoms. The fourth-order valence-corrected chi connectivity index (χ4v) is 4.06. The van der Waals surface area contributed by atoms with Gasteiger partial charge in [-0.3, -0.25) is 10.1 Å². The van der Waals surface area contributed by atoms with Gasteiger partial charge in [-0.25, -0.2) is 0 Å².